The number of alkyl halides is 1. The number of carbonyl (C=O) groups excluding carboxylic acids is 1. The smallest absolute Gasteiger partial charge is 0.272 e. The molecule has 2 aliphatic heterocycles. The fraction of sp³-hybridized carbons (Fsp3) is 0.433. The van der Waals surface area contributed by atoms with E-state index < -0.39 is 12.2 Å². The maximum absolute atomic E-state index is 14.3. The first-order chi connectivity index (χ1) is 19.0. The van der Waals surface area contributed by atoms with Crippen molar-refractivity contribution in [1.29, 1.82) is 0 Å². The van der Waals surface area contributed by atoms with Crippen LogP contribution in [0.2, 0.25) is 0 Å². The molecule has 2 fully saturated rings. The third-order valence-corrected chi connectivity index (χ3v) is 8.16. The SMILES string of the molecule is CN1CCC(C#Cc2cc(C(=O)NC(c3cc4ccccc4[nH]3)c3ncc4n3C[C@@H](F)C4)nn2C2CC2)CC1. The Balaban J connectivity index is 1.20. The highest BCUT2D eigenvalue weighted by molar-refractivity contribution is 5.93. The number of halogens is 1. The Hall–Kier alpha value is -3.90. The van der Waals surface area contributed by atoms with Crippen LogP contribution in [0, 0.1) is 17.8 Å². The second-order valence-electron chi connectivity index (χ2n) is 11.2. The summed E-state index contributed by atoms with van der Waals surface area (Å²) in [6.45, 7) is 2.36. The lowest BCUT2D eigenvalue weighted by Crippen LogP contribution is -2.32. The summed E-state index contributed by atoms with van der Waals surface area (Å²) >= 11 is 0. The van der Waals surface area contributed by atoms with Crippen molar-refractivity contribution in [3.8, 4) is 11.8 Å². The van der Waals surface area contributed by atoms with Gasteiger partial charge in [0.15, 0.2) is 5.69 Å². The number of benzene rings is 1. The summed E-state index contributed by atoms with van der Waals surface area (Å²) in [4.78, 5) is 24.1. The third-order valence-electron chi connectivity index (χ3n) is 8.16. The van der Waals surface area contributed by atoms with Crippen molar-refractivity contribution in [3.05, 3.63) is 71.2 Å². The summed E-state index contributed by atoms with van der Waals surface area (Å²) in [5.74, 6) is 7.49. The largest absolute Gasteiger partial charge is 0.356 e. The van der Waals surface area contributed by atoms with Crippen LogP contribution in [0.5, 0.6) is 0 Å². The van der Waals surface area contributed by atoms with Gasteiger partial charge in [-0.1, -0.05) is 24.1 Å². The molecule has 1 saturated heterocycles. The van der Waals surface area contributed by atoms with Crippen LogP contribution < -0.4 is 5.32 Å². The highest BCUT2D eigenvalue weighted by Crippen LogP contribution is 2.36. The number of hydrogen-bond acceptors (Lipinski definition) is 4. The lowest BCUT2D eigenvalue weighted by Gasteiger charge is -2.25. The molecule has 0 radical (unpaired) electrons. The molecular weight excluding hydrogens is 493 g/mol. The molecule has 3 aromatic heterocycles. The molecule has 0 bridgehead atoms. The van der Waals surface area contributed by atoms with Gasteiger partial charge in [0, 0.05) is 41.5 Å². The number of aromatic amines is 1. The standard InChI is InChI=1S/C30H32FN7O/c1-36-12-10-19(11-13-36)6-7-23-16-27(35-38(23)22-8-9-22)30(39)34-28(26-14-20-4-2-3-5-25(20)33-26)29-32-17-24-15-21(31)18-37(24)29/h2-5,14,16-17,19,21-22,28,33H,8-13,15,18H2,1H3,(H,34,39)/t21-,28?/m0/s1. The van der Waals surface area contributed by atoms with Gasteiger partial charge in [-0.3, -0.25) is 9.48 Å². The van der Waals surface area contributed by atoms with Gasteiger partial charge in [-0.05, 0) is 69.3 Å². The van der Waals surface area contributed by atoms with Gasteiger partial charge in [0.05, 0.1) is 12.6 Å². The molecular formula is C30H32FN7O. The maximum Gasteiger partial charge on any atom is 0.272 e. The van der Waals surface area contributed by atoms with Gasteiger partial charge in [0.25, 0.3) is 5.91 Å². The van der Waals surface area contributed by atoms with E-state index >= 15 is 0 Å². The van der Waals surface area contributed by atoms with E-state index in [0.29, 0.717) is 29.9 Å². The van der Waals surface area contributed by atoms with Crippen LogP contribution in [-0.4, -0.2) is 61.4 Å². The lowest BCUT2D eigenvalue weighted by molar-refractivity contribution is 0.0934. The molecule has 200 valence electrons. The summed E-state index contributed by atoms with van der Waals surface area (Å²) in [7, 11) is 2.15. The van der Waals surface area contributed by atoms with Crippen molar-refractivity contribution < 1.29 is 9.18 Å². The van der Waals surface area contributed by atoms with Crippen molar-refractivity contribution >= 4 is 16.8 Å². The van der Waals surface area contributed by atoms with E-state index in [1.165, 1.54) is 0 Å². The molecule has 1 amide bonds. The normalized spacial score (nSPS) is 20.5. The zero-order valence-electron chi connectivity index (χ0n) is 22.0. The Morgan fingerprint density at radius 1 is 1.18 bits per heavy atom. The predicted octanol–water partition coefficient (Wildman–Crippen LogP) is 4.00. The van der Waals surface area contributed by atoms with E-state index in [0.717, 1.165) is 66.8 Å². The van der Waals surface area contributed by atoms with Crippen molar-refractivity contribution in [3.63, 3.8) is 0 Å². The second-order valence-corrected chi connectivity index (χ2v) is 11.2. The Kier molecular flexibility index (Phi) is 6.00. The number of amides is 1. The molecule has 7 rings (SSSR count). The van der Waals surface area contributed by atoms with E-state index in [1.807, 2.05) is 45.6 Å². The molecule has 1 aliphatic carbocycles. The van der Waals surface area contributed by atoms with Crippen LogP contribution in [0.3, 0.4) is 0 Å². The quantitative estimate of drug-likeness (QED) is 0.386. The van der Waals surface area contributed by atoms with Crippen LogP contribution in [-0.2, 0) is 13.0 Å². The third kappa shape index (κ3) is 4.74. The van der Waals surface area contributed by atoms with Crippen LogP contribution >= 0.6 is 0 Å². The maximum atomic E-state index is 14.3. The van der Waals surface area contributed by atoms with Gasteiger partial charge in [-0.25, -0.2) is 9.37 Å². The molecule has 3 aliphatic rings. The number of para-hydroxylation sites is 1. The van der Waals surface area contributed by atoms with Crippen molar-refractivity contribution in [2.24, 2.45) is 5.92 Å². The van der Waals surface area contributed by atoms with E-state index in [4.69, 9.17) is 5.10 Å². The first kappa shape index (κ1) is 24.2. The van der Waals surface area contributed by atoms with E-state index in [2.05, 4.69) is 39.1 Å². The number of aromatic nitrogens is 5. The zero-order chi connectivity index (χ0) is 26.5. The number of carbonyl (C=O) groups is 1. The Morgan fingerprint density at radius 2 is 2.00 bits per heavy atom. The number of H-pyrrole nitrogens is 1. The van der Waals surface area contributed by atoms with Gasteiger partial charge in [0.1, 0.15) is 23.7 Å². The first-order valence-corrected chi connectivity index (χ1v) is 13.9. The number of hydrogen-bond donors (Lipinski definition) is 2. The highest BCUT2D eigenvalue weighted by atomic mass is 19.1. The van der Waals surface area contributed by atoms with E-state index in [1.54, 1.807) is 6.20 Å². The number of likely N-dealkylation sites (tertiary alicyclic amines) is 1. The zero-order valence-corrected chi connectivity index (χ0v) is 22.0. The topological polar surface area (TPSA) is 83.8 Å². The minimum Gasteiger partial charge on any atom is -0.356 e. The molecule has 2 N–H and O–H groups in total. The Labute approximate surface area is 226 Å². The highest BCUT2D eigenvalue weighted by Gasteiger charge is 2.32. The molecule has 4 aromatic rings. The average molecular weight is 526 g/mol. The predicted molar refractivity (Wildman–Crippen MR) is 146 cm³/mol. The van der Waals surface area contributed by atoms with Gasteiger partial charge in [-0.15, -0.1) is 0 Å². The first-order valence-electron chi connectivity index (χ1n) is 13.9. The lowest BCUT2D eigenvalue weighted by atomic mass is 9.98. The van der Waals surface area contributed by atoms with Crippen molar-refractivity contribution in [1.82, 2.24) is 34.5 Å². The summed E-state index contributed by atoms with van der Waals surface area (Å²) in [6, 6.07) is 11.5. The summed E-state index contributed by atoms with van der Waals surface area (Å²) < 4.78 is 18.1. The molecule has 8 nitrogen and oxygen atoms in total. The second kappa shape index (κ2) is 9.69. The van der Waals surface area contributed by atoms with Crippen LogP contribution in [0.1, 0.15) is 71.2 Å². The van der Waals surface area contributed by atoms with Crippen molar-refractivity contribution in [2.45, 2.75) is 56.9 Å². The minimum absolute atomic E-state index is 0.240. The monoisotopic (exact) mass is 525 g/mol. The molecule has 0 spiro atoms. The van der Waals surface area contributed by atoms with E-state index in [9.17, 15) is 9.18 Å². The molecule has 5 heterocycles. The molecule has 1 aromatic carbocycles. The molecule has 1 unspecified atom stereocenters. The number of fused-ring (bicyclic) bond motifs is 2. The number of rotatable bonds is 5. The minimum atomic E-state index is -0.944. The fourth-order valence-electron chi connectivity index (χ4n) is 5.78. The Bertz CT molecular complexity index is 1560. The number of piperidine rings is 1. The average Bonchev–Trinajstić information content (AvgIpc) is 3.24. The number of imidazole rings is 1. The molecule has 39 heavy (non-hydrogen) atoms. The van der Waals surface area contributed by atoms with Gasteiger partial charge >= 0.3 is 0 Å². The summed E-state index contributed by atoms with van der Waals surface area (Å²) in [5, 5.41) is 8.90. The van der Waals surface area contributed by atoms with E-state index in [-0.39, 0.29) is 12.5 Å². The number of nitrogens with one attached hydrogen (secondary N) is 2. The summed E-state index contributed by atoms with van der Waals surface area (Å²) in [6.07, 6.45) is 5.34. The van der Waals surface area contributed by atoms with Crippen molar-refractivity contribution in [2.75, 3.05) is 20.1 Å². The fourth-order valence-corrected chi connectivity index (χ4v) is 5.78. The van der Waals surface area contributed by atoms with Crippen LogP contribution in [0.15, 0.2) is 42.6 Å². The van der Waals surface area contributed by atoms with Gasteiger partial charge in [0.2, 0.25) is 0 Å². The molecule has 9 heteroatoms. The van der Waals surface area contributed by atoms with Crippen LogP contribution in [0.25, 0.3) is 10.9 Å². The van der Waals surface area contributed by atoms with Gasteiger partial charge in [-0.2, -0.15) is 5.10 Å². The van der Waals surface area contributed by atoms with Gasteiger partial charge < -0.3 is 19.8 Å². The van der Waals surface area contributed by atoms with Crippen LogP contribution in [0.4, 0.5) is 4.39 Å². The number of nitrogens with zero attached hydrogens (tertiary/aromatic N) is 5. The molecule has 2 atom stereocenters. The summed E-state index contributed by atoms with van der Waals surface area (Å²) in [5.41, 5.74) is 3.74. The molecule has 1 saturated carbocycles. The Morgan fingerprint density at radius 3 is 2.79 bits per heavy atom.